The van der Waals surface area contributed by atoms with Gasteiger partial charge in [0.2, 0.25) is 0 Å². The van der Waals surface area contributed by atoms with Gasteiger partial charge in [-0.3, -0.25) is 0 Å². The molecule has 5 fully saturated rings. The van der Waals surface area contributed by atoms with Gasteiger partial charge in [0.1, 0.15) is 16.4 Å². The standard InChI is InChI=1S/C28H29F6NO2S2/c1-36-22-7-3-20(4-8-22)25(21-5-9-23(37-2)10-6-21)35(39-26(38-25,27(29,30)31)28(32,33)34)24-14-17-11-18(15-24)13-19(12-17)16-24/h3-10,17-19H,11-16H2,1-2H3. The zero-order valence-corrected chi connectivity index (χ0v) is 23.1. The third-order valence-corrected chi connectivity index (χ3v) is 12.8. The number of halogens is 6. The number of rotatable bonds is 5. The van der Waals surface area contributed by atoms with Crippen LogP contribution in [0.5, 0.6) is 11.5 Å². The molecule has 212 valence electrons. The van der Waals surface area contributed by atoms with E-state index in [0.29, 0.717) is 59.6 Å². The second-order valence-corrected chi connectivity index (χ2v) is 14.2. The Morgan fingerprint density at radius 1 is 0.692 bits per heavy atom. The van der Waals surface area contributed by atoms with Crippen LogP contribution in [0.25, 0.3) is 0 Å². The van der Waals surface area contributed by atoms with Crippen molar-refractivity contribution < 1.29 is 35.8 Å². The molecular weight excluding hydrogens is 560 g/mol. The van der Waals surface area contributed by atoms with Crippen LogP contribution < -0.4 is 9.47 Å². The Bertz CT molecular complexity index is 1120. The van der Waals surface area contributed by atoms with E-state index in [0.717, 1.165) is 19.3 Å². The van der Waals surface area contributed by atoms with E-state index < -0.39 is 26.8 Å². The summed E-state index contributed by atoms with van der Waals surface area (Å²) in [5, 5.41) is 0. The molecule has 5 aliphatic rings. The highest BCUT2D eigenvalue weighted by Gasteiger charge is 2.81. The fraction of sp³-hybridized carbons (Fsp3) is 0.571. The van der Waals surface area contributed by atoms with Crippen molar-refractivity contribution in [3.8, 4) is 11.5 Å². The fourth-order valence-electron chi connectivity index (χ4n) is 7.74. The largest absolute Gasteiger partial charge is 0.497 e. The molecule has 4 bridgehead atoms. The van der Waals surface area contributed by atoms with Crippen molar-refractivity contribution in [1.82, 2.24) is 4.31 Å². The van der Waals surface area contributed by atoms with Crippen molar-refractivity contribution in [2.24, 2.45) is 17.8 Å². The highest BCUT2D eigenvalue weighted by molar-refractivity contribution is 8.20. The first-order valence-electron chi connectivity index (χ1n) is 13.0. The van der Waals surface area contributed by atoms with Crippen LogP contribution in [0.15, 0.2) is 48.5 Å². The highest BCUT2D eigenvalue weighted by Crippen LogP contribution is 2.77. The first-order chi connectivity index (χ1) is 18.4. The maximum Gasteiger partial charge on any atom is 0.422 e. The Balaban J connectivity index is 1.63. The van der Waals surface area contributed by atoms with E-state index >= 15 is 0 Å². The minimum Gasteiger partial charge on any atom is -0.497 e. The smallest absolute Gasteiger partial charge is 0.422 e. The predicted molar refractivity (Wildman–Crippen MR) is 140 cm³/mol. The summed E-state index contributed by atoms with van der Waals surface area (Å²) in [5.74, 6) is 1.89. The summed E-state index contributed by atoms with van der Waals surface area (Å²) in [6, 6.07) is 12.8. The van der Waals surface area contributed by atoms with Crippen molar-refractivity contribution >= 4 is 23.7 Å². The molecular formula is C28H29F6NO2S2. The molecule has 7 rings (SSSR count). The number of hydrogen-bond donors (Lipinski definition) is 0. The molecule has 2 aromatic carbocycles. The van der Waals surface area contributed by atoms with E-state index in [1.807, 2.05) is 0 Å². The molecule has 1 aliphatic heterocycles. The molecule has 0 aromatic heterocycles. The van der Waals surface area contributed by atoms with Gasteiger partial charge in [0.25, 0.3) is 4.08 Å². The molecule has 0 atom stereocenters. The van der Waals surface area contributed by atoms with Crippen LogP contribution in [0, 0.1) is 17.8 Å². The molecule has 11 heteroatoms. The first kappa shape index (κ1) is 27.4. The normalized spacial score (nSPS) is 31.4. The lowest BCUT2D eigenvalue weighted by atomic mass is 9.52. The van der Waals surface area contributed by atoms with Gasteiger partial charge in [0.15, 0.2) is 0 Å². The average molecular weight is 590 g/mol. The van der Waals surface area contributed by atoms with Crippen molar-refractivity contribution in [2.75, 3.05) is 14.2 Å². The van der Waals surface area contributed by atoms with Crippen molar-refractivity contribution in [3.63, 3.8) is 0 Å². The Kier molecular flexibility index (Phi) is 6.43. The Morgan fingerprint density at radius 3 is 1.41 bits per heavy atom. The predicted octanol–water partition coefficient (Wildman–Crippen LogP) is 8.39. The topological polar surface area (TPSA) is 21.7 Å². The van der Waals surface area contributed by atoms with Crippen LogP contribution in [0.4, 0.5) is 26.3 Å². The van der Waals surface area contributed by atoms with E-state index in [1.165, 1.54) is 14.2 Å². The summed E-state index contributed by atoms with van der Waals surface area (Å²) in [7, 11) is 2.93. The van der Waals surface area contributed by atoms with E-state index in [1.54, 1.807) is 52.8 Å². The van der Waals surface area contributed by atoms with Crippen LogP contribution >= 0.6 is 23.7 Å². The number of benzene rings is 2. The zero-order chi connectivity index (χ0) is 27.8. The Hall–Kier alpha value is -1.72. The van der Waals surface area contributed by atoms with Crippen LogP contribution in [0.2, 0.25) is 0 Å². The van der Waals surface area contributed by atoms with Crippen LogP contribution in [-0.4, -0.2) is 40.5 Å². The summed E-state index contributed by atoms with van der Waals surface area (Å²) in [4.78, 5) is -1.76. The molecule has 4 aliphatic carbocycles. The van der Waals surface area contributed by atoms with Gasteiger partial charge in [-0.2, -0.15) is 26.3 Å². The lowest BCUT2D eigenvalue weighted by Gasteiger charge is -2.62. The van der Waals surface area contributed by atoms with Crippen LogP contribution in [-0.2, 0) is 4.87 Å². The van der Waals surface area contributed by atoms with Crippen molar-refractivity contribution in [2.45, 2.75) is 65.4 Å². The van der Waals surface area contributed by atoms with Crippen molar-refractivity contribution in [3.05, 3.63) is 59.7 Å². The van der Waals surface area contributed by atoms with Gasteiger partial charge in [-0.1, -0.05) is 36.0 Å². The SMILES string of the molecule is COc1ccc(C2(c3ccc(OC)cc3)SC(C(F)(F)F)(C(F)(F)F)SN2C23CC4CC(CC(C4)C2)C3)cc1. The molecule has 4 saturated carbocycles. The number of hydrogen-bond acceptors (Lipinski definition) is 5. The van der Waals surface area contributed by atoms with Gasteiger partial charge in [0.05, 0.1) is 14.2 Å². The molecule has 2 aromatic rings. The summed E-state index contributed by atoms with van der Waals surface area (Å²) in [6.07, 6.45) is -6.28. The lowest BCUT2D eigenvalue weighted by molar-refractivity contribution is -0.236. The maximum atomic E-state index is 14.8. The third kappa shape index (κ3) is 4.08. The monoisotopic (exact) mass is 589 g/mol. The summed E-state index contributed by atoms with van der Waals surface area (Å²) >= 11 is -0.0723. The first-order valence-corrected chi connectivity index (χ1v) is 14.6. The van der Waals surface area contributed by atoms with Gasteiger partial charge in [-0.05, 0) is 104 Å². The number of alkyl halides is 6. The summed E-state index contributed by atoms with van der Waals surface area (Å²) in [6.45, 7) is 0. The van der Waals surface area contributed by atoms with E-state index in [2.05, 4.69) is 0 Å². The van der Waals surface area contributed by atoms with E-state index in [4.69, 9.17) is 9.47 Å². The molecule has 0 spiro atoms. The number of methoxy groups -OCH3 is 2. The van der Waals surface area contributed by atoms with Gasteiger partial charge in [-0.25, -0.2) is 4.31 Å². The average Bonchev–Trinajstić information content (AvgIpc) is 3.28. The molecule has 39 heavy (non-hydrogen) atoms. The number of thioether (sulfide) groups is 1. The highest BCUT2D eigenvalue weighted by atomic mass is 32.2. The van der Waals surface area contributed by atoms with Crippen LogP contribution in [0.3, 0.4) is 0 Å². The summed E-state index contributed by atoms with van der Waals surface area (Å²) < 4.78 is 97.1. The fourth-order valence-corrected chi connectivity index (χ4v) is 11.3. The molecule has 0 unspecified atom stereocenters. The third-order valence-electron chi connectivity index (χ3n) is 8.94. The number of ether oxygens (including phenoxy) is 2. The second-order valence-electron chi connectivity index (χ2n) is 11.3. The van der Waals surface area contributed by atoms with E-state index in [9.17, 15) is 26.3 Å². The molecule has 1 heterocycles. The van der Waals surface area contributed by atoms with Gasteiger partial charge in [0, 0.05) is 5.54 Å². The zero-order valence-electron chi connectivity index (χ0n) is 21.4. The van der Waals surface area contributed by atoms with Gasteiger partial charge in [-0.15, -0.1) is 0 Å². The molecule has 0 N–H and O–H groups in total. The maximum absolute atomic E-state index is 14.8. The van der Waals surface area contributed by atoms with Crippen LogP contribution in [0.1, 0.15) is 49.7 Å². The quantitative estimate of drug-likeness (QED) is 0.257. The molecule has 0 radical (unpaired) electrons. The second kappa shape index (κ2) is 9.14. The summed E-state index contributed by atoms with van der Waals surface area (Å²) in [5.41, 5.74) is -0.0704. The molecule has 0 amide bonds. The molecule has 3 nitrogen and oxygen atoms in total. The van der Waals surface area contributed by atoms with Gasteiger partial charge >= 0.3 is 12.4 Å². The van der Waals surface area contributed by atoms with Crippen molar-refractivity contribution in [1.29, 1.82) is 0 Å². The minimum atomic E-state index is -5.55. The number of nitrogens with zero attached hydrogens (tertiary/aromatic N) is 1. The Morgan fingerprint density at radius 2 is 1.08 bits per heavy atom. The lowest BCUT2D eigenvalue weighted by Crippen LogP contribution is -2.61. The van der Waals surface area contributed by atoms with Gasteiger partial charge < -0.3 is 9.47 Å². The Labute approximate surface area is 232 Å². The van der Waals surface area contributed by atoms with E-state index in [-0.39, 0.29) is 23.7 Å². The minimum absolute atomic E-state index is 0.0331. The molecule has 1 saturated heterocycles.